The summed E-state index contributed by atoms with van der Waals surface area (Å²) in [5.41, 5.74) is 0.348. The van der Waals surface area contributed by atoms with Crippen molar-refractivity contribution in [2.24, 2.45) is 0 Å². The van der Waals surface area contributed by atoms with Crippen molar-refractivity contribution in [1.29, 1.82) is 0 Å². The Morgan fingerprint density at radius 2 is 2.29 bits per heavy atom. The van der Waals surface area contributed by atoms with Crippen LogP contribution < -0.4 is 5.32 Å². The molecule has 0 bridgehead atoms. The molecule has 17 heavy (non-hydrogen) atoms. The van der Waals surface area contributed by atoms with Crippen LogP contribution in [0.3, 0.4) is 0 Å². The number of rotatable bonds is 3. The average Bonchev–Trinajstić information content (AvgIpc) is 2.72. The van der Waals surface area contributed by atoms with Gasteiger partial charge in [0.1, 0.15) is 5.75 Å². The van der Waals surface area contributed by atoms with Gasteiger partial charge in [0.15, 0.2) is 0 Å². The monoisotopic (exact) mass is 312 g/mol. The molecular formula is C11H9BrN2O2S. The van der Waals surface area contributed by atoms with E-state index in [0.29, 0.717) is 12.1 Å². The first-order valence-electron chi connectivity index (χ1n) is 4.81. The van der Waals surface area contributed by atoms with Crippen LogP contribution in [0.25, 0.3) is 0 Å². The molecule has 0 saturated carbocycles. The minimum absolute atomic E-state index is 0.0171. The molecule has 4 nitrogen and oxygen atoms in total. The summed E-state index contributed by atoms with van der Waals surface area (Å²) >= 11 is 4.92. The highest BCUT2D eigenvalue weighted by atomic mass is 79.9. The molecule has 0 atom stereocenters. The summed E-state index contributed by atoms with van der Waals surface area (Å²) in [4.78, 5) is 16.5. The Morgan fingerprint density at radius 3 is 2.94 bits per heavy atom. The van der Waals surface area contributed by atoms with Crippen LogP contribution in [-0.4, -0.2) is 16.0 Å². The van der Waals surface area contributed by atoms with E-state index >= 15 is 0 Å². The number of aromatic hydroxyl groups is 1. The number of halogens is 1. The van der Waals surface area contributed by atoms with Crippen LogP contribution in [0, 0.1) is 0 Å². The van der Waals surface area contributed by atoms with Crippen molar-refractivity contribution in [3.63, 3.8) is 0 Å². The molecule has 0 radical (unpaired) electrons. The molecule has 88 valence electrons. The highest BCUT2D eigenvalue weighted by Crippen LogP contribution is 2.21. The highest BCUT2D eigenvalue weighted by Gasteiger charge is 2.07. The first kappa shape index (κ1) is 12.1. The fraction of sp³-hybridized carbons (Fsp3) is 0.0909. The van der Waals surface area contributed by atoms with Gasteiger partial charge in [0.2, 0.25) is 0 Å². The fourth-order valence-electron chi connectivity index (χ4n) is 1.27. The lowest BCUT2D eigenvalue weighted by Crippen LogP contribution is -2.22. The molecule has 2 N–H and O–H groups in total. The lowest BCUT2D eigenvalue weighted by Gasteiger charge is -2.03. The number of amides is 1. The number of carbonyl (C=O) groups is 1. The Kier molecular flexibility index (Phi) is 3.75. The van der Waals surface area contributed by atoms with Crippen LogP contribution in [0.1, 0.15) is 15.2 Å². The minimum Gasteiger partial charge on any atom is -0.506 e. The Morgan fingerprint density at radius 1 is 1.47 bits per heavy atom. The van der Waals surface area contributed by atoms with Gasteiger partial charge in [-0.1, -0.05) is 0 Å². The third-order valence-electron chi connectivity index (χ3n) is 2.04. The SMILES string of the molecule is O=C(NCc1ccc(Br)s1)c1cncc(O)c1. The number of hydrogen-bond donors (Lipinski definition) is 2. The highest BCUT2D eigenvalue weighted by molar-refractivity contribution is 9.11. The van der Waals surface area contributed by atoms with Crippen LogP contribution in [0.5, 0.6) is 5.75 Å². The summed E-state index contributed by atoms with van der Waals surface area (Å²) in [5, 5.41) is 12.0. The Balaban J connectivity index is 1.98. The van der Waals surface area contributed by atoms with E-state index in [-0.39, 0.29) is 11.7 Å². The quantitative estimate of drug-likeness (QED) is 0.915. The molecule has 2 aromatic rings. The second-order valence-corrected chi connectivity index (χ2v) is 5.87. The lowest BCUT2D eigenvalue weighted by atomic mass is 10.2. The van der Waals surface area contributed by atoms with Crippen LogP contribution >= 0.6 is 27.3 Å². The van der Waals surface area contributed by atoms with Crippen molar-refractivity contribution in [3.05, 3.63) is 44.8 Å². The summed E-state index contributed by atoms with van der Waals surface area (Å²) in [5.74, 6) is -0.269. The molecule has 2 heterocycles. The summed E-state index contributed by atoms with van der Waals surface area (Å²) < 4.78 is 1.03. The number of hydrogen-bond acceptors (Lipinski definition) is 4. The van der Waals surface area contributed by atoms with E-state index in [2.05, 4.69) is 26.2 Å². The van der Waals surface area contributed by atoms with E-state index in [4.69, 9.17) is 0 Å². The van der Waals surface area contributed by atoms with E-state index in [1.807, 2.05) is 12.1 Å². The molecule has 0 aliphatic rings. The second-order valence-electron chi connectivity index (χ2n) is 3.32. The maximum atomic E-state index is 11.7. The molecule has 6 heteroatoms. The Bertz CT molecular complexity index is 542. The van der Waals surface area contributed by atoms with Gasteiger partial charge in [0.05, 0.1) is 22.1 Å². The minimum atomic E-state index is -0.252. The number of thiophene rings is 1. The van der Waals surface area contributed by atoms with Crippen LogP contribution in [0.15, 0.2) is 34.4 Å². The summed E-state index contributed by atoms with van der Waals surface area (Å²) in [6.45, 7) is 0.463. The van der Waals surface area contributed by atoms with E-state index in [1.165, 1.54) is 18.5 Å². The third kappa shape index (κ3) is 3.28. The van der Waals surface area contributed by atoms with Crippen molar-refractivity contribution in [3.8, 4) is 5.75 Å². The largest absolute Gasteiger partial charge is 0.506 e. The molecule has 0 spiro atoms. The number of carbonyl (C=O) groups excluding carboxylic acids is 1. The van der Waals surface area contributed by atoms with Gasteiger partial charge in [-0.3, -0.25) is 9.78 Å². The predicted octanol–water partition coefficient (Wildman–Crippen LogP) is 2.54. The van der Waals surface area contributed by atoms with E-state index in [0.717, 1.165) is 8.66 Å². The molecule has 0 saturated heterocycles. The van der Waals surface area contributed by atoms with Gasteiger partial charge in [-0.15, -0.1) is 11.3 Å². The van der Waals surface area contributed by atoms with Gasteiger partial charge in [0, 0.05) is 11.1 Å². The van der Waals surface area contributed by atoms with Crippen molar-refractivity contribution in [1.82, 2.24) is 10.3 Å². The topological polar surface area (TPSA) is 62.2 Å². The predicted molar refractivity (Wildman–Crippen MR) is 69.1 cm³/mol. The number of nitrogens with one attached hydrogen (secondary N) is 1. The fourth-order valence-corrected chi connectivity index (χ4v) is 2.69. The zero-order valence-electron chi connectivity index (χ0n) is 8.68. The molecule has 0 aliphatic carbocycles. The molecule has 0 aromatic carbocycles. The van der Waals surface area contributed by atoms with E-state index in [1.54, 1.807) is 11.3 Å². The summed E-state index contributed by atoms with van der Waals surface area (Å²) in [6, 6.07) is 5.25. The summed E-state index contributed by atoms with van der Waals surface area (Å²) in [6.07, 6.45) is 2.70. The van der Waals surface area contributed by atoms with Gasteiger partial charge in [-0.05, 0) is 34.1 Å². The van der Waals surface area contributed by atoms with Crippen molar-refractivity contribution < 1.29 is 9.90 Å². The maximum absolute atomic E-state index is 11.7. The smallest absolute Gasteiger partial charge is 0.253 e. The second kappa shape index (κ2) is 5.29. The number of aromatic nitrogens is 1. The maximum Gasteiger partial charge on any atom is 0.253 e. The Hall–Kier alpha value is -1.40. The Labute approximate surface area is 110 Å². The van der Waals surface area contributed by atoms with Gasteiger partial charge in [-0.25, -0.2) is 0 Å². The normalized spacial score (nSPS) is 10.2. The van der Waals surface area contributed by atoms with Crippen molar-refractivity contribution in [2.45, 2.75) is 6.54 Å². The third-order valence-corrected chi connectivity index (χ3v) is 3.66. The van der Waals surface area contributed by atoms with Crippen LogP contribution in [0.4, 0.5) is 0 Å². The molecule has 2 aromatic heterocycles. The molecule has 0 fully saturated rings. The van der Waals surface area contributed by atoms with Gasteiger partial charge in [-0.2, -0.15) is 0 Å². The average molecular weight is 313 g/mol. The lowest BCUT2D eigenvalue weighted by molar-refractivity contribution is 0.0950. The molecule has 1 amide bonds. The molecule has 2 rings (SSSR count). The van der Waals surface area contributed by atoms with Crippen LogP contribution in [-0.2, 0) is 6.54 Å². The van der Waals surface area contributed by atoms with E-state index in [9.17, 15) is 9.90 Å². The van der Waals surface area contributed by atoms with Crippen molar-refractivity contribution in [2.75, 3.05) is 0 Å². The standard InChI is InChI=1S/C11H9BrN2O2S/c12-10-2-1-9(17-10)6-14-11(16)7-3-8(15)5-13-4-7/h1-5,15H,6H2,(H,14,16). The zero-order chi connectivity index (χ0) is 12.3. The molecule has 0 unspecified atom stereocenters. The molecule has 0 aliphatic heterocycles. The van der Waals surface area contributed by atoms with Crippen molar-refractivity contribution >= 4 is 33.2 Å². The van der Waals surface area contributed by atoms with Crippen LogP contribution in [0.2, 0.25) is 0 Å². The first-order chi connectivity index (χ1) is 8.15. The number of pyridine rings is 1. The van der Waals surface area contributed by atoms with Gasteiger partial charge in [0.25, 0.3) is 5.91 Å². The van der Waals surface area contributed by atoms with Gasteiger partial charge < -0.3 is 10.4 Å². The number of nitrogens with zero attached hydrogens (tertiary/aromatic N) is 1. The molecular weight excluding hydrogens is 304 g/mol. The summed E-state index contributed by atoms with van der Waals surface area (Å²) in [7, 11) is 0. The zero-order valence-corrected chi connectivity index (χ0v) is 11.1. The van der Waals surface area contributed by atoms with Gasteiger partial charge >= 0.3 is 0 Å². The van der Waals surface area contributed by atoms with E-state index < -0.39 is 0 Å². The first-order valence-corrected chi connectivity index (χ1v) is 6.42.